The molecule has 1 fully saturated rings. The van der Waals surface area contributed by atoms with Gasteiger partial charge in [-0.15, -0.1) is 0 Å². The maximum Gasteiger partial charge on any atom is 0.0636 e. The molecule has 108 valence electrons. The van der Waals surface area contributed by atoms with Gasteiger partial charge < -0.3 is 10.5 Å². The van der Waals surface area contributed by atoms with Crippen molar-refractivity contribution in [2.24, 2.45) is 11.1 Å². The van der Waals surface area contributed by atoms with Crippen LogP contribution in [0, 0.1) is 5.92 Å². The summed E-state index contributed by atoms with van der Waals surface area (Å²) in [6.45, 7) is 2.11. The van der Waals surface area contributed by atoms with E-state index in [4.69, 9.17) is 0 Å². The zero-order valence-corrected chi connectivity index (χ0v) is 12.1. The van der Waals surface area contributed by atoms with Crippen LogP contribution in [0.2, 0.25) is 0 Å². The monoisotopic (exact) mass is 280 g/mol. The third kappa shape index (κ3) is 2.83. The van der Waals surface area contributed by atoms with Crippen molar-refractivity contribution in [2.45, 2.75) is 25.4 Å². The molecule has 1 aliphatic rings. The zero-order valence-electron chi connectivity index (χ0n) is 12.1. The summed E-state index contributed by atoms with van der Waals surface area (Å²) in [6.07, 6.45) is 0.741. The topological polar surface area (TPSA) is 44.6 Å². The maximum absolute atomic E-state index is 9.35. The maximum atomic E-state index is 9.35. The average molecular weight is 280 g/mol. The molecular weight excluding hydrogens is 260 g/mol. The summed E-state index contributed by atoms with van der Waals surface area (Å²) < 4.78 is 0. The Balaban J connectivity index is 1.93. The van der Waals surface area contributed by atoms with Crippen molar-refractivity contribution in [2.75, 3.05) is 0 Å². The molecule has 0 bridgehead atoms. The molecule has 2 N–H and O–H groups in total. The normalized spacial score (nSPS) is 27.7. The highest BCUT2D eigenvalue weighted by Crippen LogP contribution is 2.35. The third-order valence-electron chi connectivity index (χ3n) is 4.31. The summed E-state index contributed by atoms with van der Waals surface area (Å²) in [7, 11) is 0. The minimum Gasteiger partial charge on any atom is -0.411 e. The molecule has 0 radical (unpaired) electrons. The van der Waals surface area contributed by atoms with Crippen LogP contribution in [0.25, 0.3) is 0 Å². The number of piperidine rings is 1. The molecule has 3 nitrogen and oxygen atoms in total. The van der Waals surface area contributed by atoms with Gasteiger partial charge >= 0.3 is 0 Å². The van der Waals surface area contributed by atoms with Crippen LogP contribution < -0.4 is 5.32 Å². The van der Waals surface area contributed by atoms with E-state index in [-0.39, 0.29) is 18.0 Å². The number of nitrogens with one attached hydrogen (secondary N) is 1. The van der Waals surface area contributed by atoms with E-state index >= 15 is 0 Å². The lowest BCUT2D eigenvalue weighted by atomic mass is 9.81. The fourth-order valence-corrected chi connectivity index (χ4v) is 3.08. The lowest BCUT2D eigenvalue weighted by Crippen LogP contribution is -2.41. The van der Waals surface area contributed by atoms with E-state index < -0.39 is 0 Å². The number of hydrogen-bond donors (Lipinski definition) is 2. The number of nitrogens with zero attached hydrogens (tertiary/aromatic N) is 1. The highest BCUT2D eigenvalue weighted by atomic mass is 16.4. The van der Waals surface area contributed by atoms with Crippen LogP contribution >= 0.6 is 0 Å². The van der Waals surface area contributed by atoms with Gasteiger partial charge in [-0.2, -0.15) is 0 Å². The Labute approximate surface area is 125 Å². The number of hydrogen-bond acceptors (Lipinski definition) is 3. The Morgan fingerprint density at radius 3 is 2.10 bits per heavy atom. The van der Waals surface area contributed by atoms with Crippen molar-refractivity contribution in [1.29, 1.82) is 0 Å². The van der Waals surface area contributed by atoms with E-state index in [1.807, 2.05) is 36.4 Å². The zero-order chi connectivity index (χ0) is 14.7. The van der Waals surface area contributed by atoms with Gasteiger partial charge in [0.25, 0.3) is 0 Å². The minimum atomic E-state index is 0.163. The van der Waals surface area contributed by atoms with Crippen LogP contribution in [0.4, 0.5) is 0 Å². The average Bonchev–Trinajstić information content (AvgIpc) is 2.56. The molecule has 1 aliphatic heterocycles. The van der Waals surface area contributed by atoms with Gasteiger partial charge in [-0.3, -0.25) is 0 Å². The van der Waals surface area contributed by atoms with Crippen molar-refractivity contribution >= 4 is 5.71 Å². The number of rotatable bonds is 2. The van der Waals surface area contributed by atoms with E-state index in [0.29, 0.717) is 0 Å². The van der Waals surface area contributed by atoms with Gasteiger partial charge in [-0.25, -0.2) is 0 Å². The molecule has 0 aliphatic carbocycles. The van der Waals surface area contributed by atoms with E-state index in [9.17, 15) is 5.21 Å². The summed E-state index contributed by atoms with van der Waals surface area (Å²) in [4.78, 5) is 0. The predicted octanol–water partition coefficient (Wildman–Crippen LogP) is 3.93. The van der Waals surface area contributed by atoms with Crippen LogP contribution in [0.15, 0.2) is 65.8 Å². The second kappa shape index (κ2) is 6.10. The Bertz CT molecular complexity index is 610. The first-order valence-electron chi connectivity index (χ1n) is 7.36. The van der Waals surface area contributed by atoms with Gasteiger partial charge in [0, 0.05) is 24.4 Å². The molecule has 21 heavy (non-hydrogen) atoms. The predicted molar refractivity (Wildman–Crippen MR) is 84.5 cm³/mol. The van der Waals surface area contributed by atoms with Crippen LogP contribution in [-0.4, -0.2) is 10.9 Å². The lowest BCUT2D eigenvalue weighted by Gasteiger charge is -2.37. The molecule has 3 heteroatoms. The van der Waals surface area contributed by atoms with Crippen molar-refractivity contribution in [3.05, 3.63) is 71.8 Å². The molecule has 0 unspecified atom stereocenters. The minimum absolute atomic E-state index is 0.163. The molecule has 0 amide bonds. The summed E-state index contributed by atoms with van der Waals surface area (Å²) in [5.41, 5.74) is 3.31. The first kappa shape index (κ1) is 13.8. The summed E-state index contributed by atoms with van der Waals surface area (Å²) in [5.74, 6) is 0.178. The summed E-state index contributed by atoms with van der Waals surface area (Å²) in [5, 5.41) is 16.6. The molecule has 0 saturated carbocycles. The summed E-state index contributed by atoms with van der Waals surface area (Å²) >= 11 is 0. The Hall–Kier alpha value is -2.13. The quantitative estimate of drug-likeness (QED) is 0.646. The van der Waals surface area contributed by atoms with Crippen LogP contribution in [-0.2, 0) is 0 Å². The van der Waals surface area contributed by atoms with Gasteiger partial charge in [0.2, 0.25) is 0 Å². The molecule has 3 rings (SSSR count). The standard InChI is InChI=1S/C18H20N2O/c1-13-16(20-21)12-17(14-8-4-2-5-9-14)19-18(13)15-10-6-3-7-11-15/h2-11,13,17-19,21H,12H2,1H3/t13-,17+,18+/m1/s1. The van der Waals surface area contributed by atoms with Crippen molar-refractivity contribution in [3.8, 4) is 0 Å². The highest BCUT2D eigenvalue weighted by molar-refractivity contribution is 5.88. The molecule has 2 aromatic carbocycles. The first-order valence-corrected chi connectivity index (χ1v) is 7.36. The van der Waals surface area contributed by atoms with Crippen LogP contribution in [0.1, 0.15) is 36.6 Å². The first-order chi connectivity index (χ1) is 10.3. The molecule has 1 saturated heterocycles. The highest BCUT2D eigenvalue weighted by Gasteiger charge is 2.33. The second-order valence-electron chi connectivity index (χ2n) is 5.60. The Kier molecular flexibility index (Phi) is 4.02. The third-order valence-corrected chi connectivity index (χ3v) is 4.31. The van der Waals surface area contributed by atoms with Crippen molar-refractivity contribution < 1.29 is 5.21 Å². The molecule has 2 aromatic rings. The van der Waals surface area contributed by atoms with E-state index in [1.165, 1.54) is 11.1 Å². The Morgan fingerprint density at radius 2 is 1.52 bits per heavy atom. The van der Waals surface area contributed by atoms with Crippen molar-refractivity contribution in [1.82, 2.24) is 5.32 Å². The fraction of sp³-hybridized carbons (Fsp3) is 0.278. The smallest absolute Gasteiger partial charge is 0.0636 e. The van der Waals surface area contributed by atoms with Gasteiger partial charge in [0.05, 0.1) is 5.71 Å². The van der Waals surface area contributed by atoms with Crippen molar-refractivity contribution in [3.63, 3.8) is 0 Å². The number of oxime groups is 1. The SMILES string of the molecule is C[C@@H]1C(=NO)C[C@@H](c2ccccc2)N[C@@H]1c1ccccc1. The van der Waals surface area contributed by atoms with Crippen LogP contribution in [0.5, 0.6) is 0 Å². The van der Waals surface area contributed by atoms with Crippen LogP contribution in [0.3, 0.4) is 0 Å². The molecule has 3 atom stereocenters. The Morgan fingerprint density at radius 1 is 0.952 bits per heavy atom. The van der Waals surface area contributed by atoms with E-state index in [0.717, 1.165) is 12.1 Å². The number of benzene rings is 2. The molecular formula is C18H20N2O. The van der Waals surface area contributed by atoms with Gasteiger partial charge in [0.15, 0.2) is 0 Å². The van der Waals surface area contributed by atoms with Gasteiger partial charge in [-0.05, 0) is 11.1 Å². The van der Waals surface area contributed by atoms with Gasteiger partial charge in [0.1, 0.15) is 0 Å². The lowest BCUT2D eigenvalue weighted by molar-refractivity contribution is 0.294. The molecule has 1 heterocycles. The van der Waals surface area contributed by atoms with E-state index in [1.54, 1.807) is 0 Å². The van der Waals surface area contributed by atoms with Gasteiger partial charge in [-0.1, -0.05) is 72.7 Å². The fourth-order valence-electron chi connectivity index (χ4n) is 3.08. The molecule has 0 aromatic heterocycles. The second-order valence-corrected chi connectivity index (χ2v) is 5.60. The summed E-state index contributed by atoms with van der Waals surface area (Å²) in [6, 6.07) is 21.0. The molecule has 0 spiro atoms. The van der Waals surface area contributed by atoms with E-state index in [2.05, 4.69) is 41.7 Å². The largest absolute Gasteiger partial charge is 0.411 e.